The van der Waals surface area contributed by atoms with Crippen molar-refractivity contribution in [2.24, 2.45) is 0 Å². The van der Waals surface area contributed by atoms with Gasteiger partial charge in [0.15, 0.2) is 5.82 Å². The molecule has 1 spiro atoms. The Morgan fingerprint density at radius 3 is 2.88 bits per heavy atom. The zero-order valence-corrected chi connectivity index (χ0v) is 10.1. The number of aromatic nitrogens is 3. The smallest absolute Gasteiger partial charge is 0.165 e. The molecule has 1 unspecified atom stereocenters. The maximum absolute atomic E-state index is 6.07. The van der Waals surface area contributed by atoms with Gasteiger partial charge in [-0.1, -0.05) is 24.5 Å². The number of nitrogens with zero attached hydrogens (tertiary/aromatic N) is 3. The van der Waals surface area contributed by atoms with E-state index in [2.05, 4.69) is 10.3 Å². The molecule has 1 aromatic rings. The molecule has 2 fully saturated rings. The summed E-state index contributed by atoms with van der Waals surface area (Å²) in [7, 11) is 0. The van der Waals surface area contributed by atoms with Crippen LogP contribution in [0.4, 0.5) is 5.82 Å². The van der Waals surface area contributed by atoms with Crippen LogP contribution in [-0.2, 0) is 4.74 Å². The lowest BCUT2D eigenvalue weighted by Gasteiger charge is -2.43. The molecule has 1 aliphatic heterocycles. The first-order valence-corrected chi connectivity index (χ1v) is 6.59. The van der Waals surface area contributed by atoms with Crippen LogP contribution >= 0.6 is 0 Å². The Hall–Kier alpha value is -1.10. The Labute approximate surface area is 101 Å². The summed E-state index contributed by atoms with van der Waals surface area (Å²) in [4.78, 5) is 0. The molecule has 2 heterocycles. The Morgan fingerprint density at radius 2 is 2.18 bits per heavy atom. The summed E-state index contributed by atoms with van der Waals surface area (Å²) >= 11 is 0. The highest BCUT2D eigenvalue weighted by atomic mass is 16.5. The van der Waals surface area contributed by atoms with Crippen molar-refractivity contribution in [2.45, 2.75) is 56.6 Å². The van der Waals surface area contributed by atoms with E-state index in [0.29, 0.717) is 11.9 Å². The fourth-order valence-corrected chi connectivity index (χ4v) is 3.24. The van der Waals surface area contributed by atoms with Crippen LogP contribution in [0.2, 0.25) is 0 Å². The third-order valence-corrected chi connectivity index (χ3v) is 4.13. The minimum Gasteiger partial charge on any atom is -0.381 e. The molecular formula is C12H20N4O. The van der Waals surface area contributed by atoms with E-state index in [1.807, 2.05) is 10.9 Å². The van der Waals surface area contributed by atoms with Crippen LogP contribution in [0, 0.1) is 0 Å². The molecule has 0 amide bonds. The molecule has 17 heavy (non-hydrogen) atoms. The van der Waals surface area contributed by atoms with Gasteiger partial charge in [0.1, 0.15) is 0 Å². The fraction of sp³-hybridized carbons (Fsp3) is 0.833. The van der Waals surface area contributed by atoms with Crippen LogP contribution in [0.15, 0.2) is 6.20 Å². The van der Waals surface area contributed by atoms with Gasteiger partial charge in [-0.25, -0.2) is 4.68 Å². The maximum atomic E-state index is 6.07. The molecule has 2 aliphatic rings. The lowest BCUT2D eigenvalue weighted by atomic mass is 9.78. The Bertz CT molecular complexity index is 378. The van der Waals surface area contributed by atoms with Crippen molar-refractivity contribution in [3.05, 3.63) is 6.20 Å². The van der Waals surface area contributed by atoms with Gasteiger partial charge in [-0.2, -0.15) is 0 Å². The molecule has 3 rings (SSSR count). The number of anilines is 1. The Balaban J connectivity index is 1.74. The second-order valence-electron chi connectivity index (χ2n) is 5.36. The lowest BCUT2D eigenvalue weighted by molar-refractivity contribution is -0.115. The summed E-state index contributed by atoms with van der Waals surface area (Å²) in [5.41, 5.74) is 5.74. The zero-order chi connectivity index (χ0) is 11.7. The molecule has 5 heteroatoms. The highest BCUT2D eigenvalue weighted by Crippen LogP contribution is 2.41. The van der Waals surface area contributed by atoms with Gasteiger partial charge in [0.25, 0.3) is 0 Å². The molecular weight excluding hydrogens is 216 g/mol. The first-order chi connectivity index (χ1) is 8.27. The van der Waals surface area contributed by atoms with Crippen molar-refractivity contribution < 1.29 is 4.74 Å². The first-order valence-electron chi connectivity index (χ1n) is 6.59. The largest absolute Gasteiger partial charge is 0.381 e. The quantitative estimate of drug-likeness (QED) is 0.809. The van der Waals surface area contributed by atoms with Crippen LogP contribution in [-0.4, -0.2) is 27.2 Å². The minimum absolute atomic E-state index is 0.113. The van der Waals surface area contributed by atoms with Crippen molar-refractivity contribution in [2.75, 3.05) is 12.3 Å². The number of nitrogens with two attached hydrogens (primary N) is 1. The van der Waals surface area contributed by atoms with E-state index in [0.717, 1.165) is 19.4 Å². The van der Waals surface area contributed by atoms with Gasteiger partial charge >= 0.3 is 0 Å². The van der Waals surface area contributed by atoms with E-state index in [-0.39, 0.29) is 5.60 Å². The third-order valence-electron chi connectivity index (χ3n) is 4.13. The van der Waals surface area contributed by atoms with E-state index in [1.165, 1.54) is 32.1 Å². The summed E-state index contributed by atoms with van der Waals surface area (Å²) in [6.07, 6.45) is 10.3. The highest BCUT2D eigenvalue weighted by molar-refractivity contribution is 5.20. The molecule has 1 aromatic heterocycles. The standard InChI is InChI=1S/C12H20N4O/c13-11-9-16(15-14-11)10-4-7-17-12(8-10)5-2-1-3-6-12/h9-10H,1-8,13H2. The predicted molar refractivity (Wildman–Crippen MR) is 64.5 cm³/mol. The van der Waals surface area contributed by atoms with Crippen LogP contribution in [0.25, 0.3) is 0 Å². The molecule has 1 atom stereocenters. The maximum Gasteiger partial charge on any atom is 0.165 e. The van der Waals surface area contributed by atoms with Crippen molar-refractivity contribution in [3.8, 4) is 0 Å². The molecule has 1 saturated heterocycles. The summed E-state index contributed by atoms with van der Waals surface area (Å²) in [5.74, 6) is 0.509. The van der Waals surface area contributed by atoms with E-state index < -0.39 is 0 Å². The van der Waals surface area contributed by atoms with E-state index in [4.69, 9.17) is 10.5 Å². The fourth-order valence-electron chi connectivity index (χ4n) is 3.24. The van der Waals surface area contributed by atoms with Crippen LogP contribution in [0.5, 0.6) is 0 Å². The molecule has 0 radical (unpaired) electrons. The third kappa shape index (κ3) is 2.16. The van der Waals surface area contributed by atoms with Gasteiger partial charge in [-0.05, 0) is 25.7 Å². The minimum atomic E-state index is 0.113. The number of ether oxygens (including phenoxy) is 1. The molecule has 1 aliphatic carbocycles. The van der Waals surface area contributed by atoms with Crippen molar-refractivity contribution in [3.63, 3.8) is 0 Å². The normalized spacial score (nSPS) is 28.4. The van der Waals surface area contributed by atoms with Crippen LogP contribution in [0.1, 0.15) is 51.0 Å². The van der Waals surface area contributed by atoms with Crippen molar-refractivity contribution in [1.82, 2.24) is 15.0 Å². The van der Waals surface area contributed by atoms with Gasteiger partial charge in [0.05, 0.1) is 17.8 Å². The lowest BCUT2D eigenvalue weighted by Crippen LogP contribution is -2.42. The van der Waals surface area contributed by atoms with E-state index >= 15 is 0 Å². The average molecular weight is 236 g/mol. The van der Waals surface area contributed by atoms with Crippen molar-refractivity contribution >= 4 is 5.82 Å². The molecule has 0 aromatic carbocycles. The van der Waals surface area contributed by atoms with Gasteiger partial charge in [0, 0.05) is 6.61 Å². The summed E-state index contributed by atoms with van der Waals surface area (Å²) < 4.78 is 8.00. The van der Waals surface area contributed by atoms with Crippen molar-refractivity contribution in [1.29, 1.82) is 0 Å². The van der Waals surface area contributed by atoms with Gasteiger partial charge in [0.2, 0.25) is 0 Å². The number of hydrogen-bond donors (Lipinski definition) is 1. The van der Waals surface area contributed by atoms with Gasteiger partial charge < -0.3 is 10.5 Å². The second-order valence-corrected chi connectivity index (χ2v) is 5.36. The first kappa shape index (κ1) is 11.0. The van der Waals surface area contributed by atoms with Gasteiger partial charge in [-0.15, -0.1) is 5.10 Å². The topological polar surface area (TPSA) is 66.0 Å². The zero-order valence-electron chi connectivity index (χ0n) is 10.1. The van der Waals surface area contributed by atoms with Crippen LogP contribution < -0.4 is 5.73 Å². The summed E-state index contributed by atoms with van der Waals surface area (Å²) in [5, 5.41) is 7.98. The highest BCUT2D eigenvalue weighted by Gasteiger charge is 2.39. The van der Waals surface area contributed by atoms with Gasteiger partial charge in [-0.3, -0.25) is 0 Å². The number of nitrogen functional groups attached to an aromatic ring is 1. The average Bonchev–Trinajstić information content (AvgIpc) is 2.77. The Kier molecular flexibility index (Phi) is 2.78. The SMILES string of the molecule is Nc1cn(C2CCOC3(CCCCC3)C2)nn1. The molecule has 0 bridgehead atoms. The van der Waals surface area contributed by atoms with E-state index in [9.17, 15) is 0 Å². The predicted octanol–water partition coefficient (Wildman–Crippen LogP) is 1.91. The molecule has 1 saturated carbocycles. The number of rotatable bonds is 1. The molecule has 94 valence electrons. The molecule has 2 N–H and O–H groups in total. The monoisotopic (exact) mass is 236 g/mol. The van der Waals surface area contributed by atoms with E-state index in [1.54, 1.807) is 0 Å². The summed E-state index contributed by atoms with van der Waals surface area (Å²) in [6.45, 7) is 0.838. The second kappa shape index (κ2) is 4.29. The summed E-state index contributed by atoms with van der Waals surface area (Å²) in [6, 6.07) is 0.409. The number of hydrogen-bond acceptors (Lipinski definition) is 4. The Morgan fingerprint density at radius 1 is 1.35 bits per heavy atom. The molecule has 5 nitrogen and oxygen atoms in total. The van der Waals surface area contributed by atoms with Crippen LogP contribution in [0.3, 0.4) is 0 Å².